The van der Waals surface area contributed by atoms with Crippen molar-refractivity contribution in [3.63, 3.8) is 0 Å². The molecule has 118 valence electrons. The van der Waals surface area contributed by atoms with Gasteiger partial charge in [-0.15, -0.1) is 0 Å². The maximum Gasteiger partial charge on any atom is 0.173 e. The van der Waals surface area contributed by atoms with Gasteiger partial charge >= 0.3 is 0 Å². The van der Waals surface area contributed by atoms with Gasteiger partial charge in [0.1, 0.15) is 5.15 Å². The van der Waals surface area contributed by atoms with E-state index in [2.05, 4.69) is 4.98 Å². The lowest BCUT2D eigenvalue weighted by atomic mass is 9.85. The summed E-state index contributed by atoms with van der Waals surface area (Å²) >= 11 is 12.4. The predicted octanol–water partition coefficient (Wildman–Crippen LogP) is 4.49. The number of aromatic nitrogens is 2. The van der Waals surface area contributed by atoms with Crippen LogP contribution in [0.1, 0.15) is 23.9 Å². The minimum Gasteiger partial charge on any atom is -0.373 e. The van der Waals surface area contributed by atoms with Crippen LogP contribution in [0.3, 0.4) is 0 Å². The molecule has 5 heteroatoms. The molecular formula is C18H16Cl2N2O. The number of hydrogen-bond donors (Lipinski definition) is 1. The molecule has 3 aromatic rings. The number of nitrogens with zero attached hydrogens (tertiary/aromatic N) is 2. The topological polar surface area (TPSA) is 38.0 Å². The molecule has 23 heavy (non-hydrogen) atoms. The second kappa shape index (κ2) is 6.36. The third-order valence-corrected chi connectivity index (χ3v) is 4.63. The Bertz CT molecular complexity index is 761. The number of hydrogen-bond acceptors (Lipinski definition) is 2. The minimum atomic E-state index is -1.44. The van der Waals surface area contributed by atoms with Crippen LogP contribution in [0.15, 0.2) is 60.7 Å². The van der Waals surface area contributed by atoms with E-state index in [9.17, 15) is 5.11 Å². The van der Waals surface area contributed by atoms with Crippen molar-refractivity contribution >= 4 is 23.2 Å². The molecule has 0 saturated carbocycles. The zero-order valence-electron chi connectivity index (χ0n) is 12.6. The highest BCUT2D eigenvalue weighted by Crippen LogP contribution is 2.38. The highest BCUT2D eigenvalue weighted by Gasteiger charge is 2.39. The molecule has 0 bridgehead atoms. The first-order valence-corrected chi connectivity index (χ1v) is 8.10. The highest BCUT2D eigenvalue weighted by molar-refractivity contribution is 6.40. The van der Waals surface area contributed by atoms with Crippen molar-refractivity contribution in [3.8, 4) is 0 Å². The Labute approximate surface area is 145 Å². The smallest absolute Gasteiger partial charge is 0.173 e. The van der Waals surface area contributed by atoms with Gasteiger partial charge in [-0.2, -0.15) is 0 Å². The van der Waals surface area contributed by atoms with Crippen LogP contribution in [0.25, 0.3) is 0 Å². The average Bonchev–Trinajstić information content (AvgIpc) is 2.90. The van der Waals surface area contributed by atoms with Crippen LogP contribution >= 0.6 is 23.2 Å². The van der Waals surface area contributed by atoms with E-state index < -0.39 is 5.60 Å². The predicted molar refractivity (Wildman–Crippen MR) is 92.9 cm³/mol. The Kier molecular flexibility index (Phi) is 4.44. The molecule has 0 aliphatic carbocycles. The van der Waals surface area contributed by atoms with E-state index >= 15 is 0 Å². The minimum absolute atomic E-state index is 0.189. The fraction of sp³-hybridized carbons (Fsp3) is 0.167. The summed E-state index contributed by atoms with van der Waals surface area (Å²) < 4.78 is 1.73. The lowest BCUT2D eigenvalue weighted by molar-refractivity contribution is 0.111. The van der Waals surface area contributed by atoms with E-state index in [0.29, 0.717) is 28.6 Å². The molecule has 0 fully saturated rings. The highest BCUT2D eigenvalue weighted by atomic mass is 35.5. The molecule has 1 heterocycles. The van der Waals surface area contributed by atoms with Crippen molar-refractivity contribution in [1.29, 1.82) is 0 Å². The van der Waals surface area contributed by atoms with Crippen molar-refractivity contribution in [3.05, 3.63) is 87.9 Å². The molecule has 3 nitrogen and oxygen atoms in total. The normalized spacial score (nSPS) is 11.7. The van der Waals surface area contributed by atoms with Gasteiger partial charge in [-0.05, 0) is 18.1 Å². The molecular weight excluding hydrogens is 331 g/mol. The maximum absolute atomic E-state index is 11.7. The number of halogens is 2. The number of imidazole rings is 1. The molecule has 3 rings (SSSR count). The molecule has 0 amide bonds. The molecule has 0 aliphatic heterocycles. The molecule has 0 saturated heterocycles. The Morgan fingerprint density at radius 3 is 1.87 bits per heavy atom. The van der Waals surface area contributed by atoms with Crippen molar-refractivity contribution in [1.82, 2.24) is 9.55 Å². The van der Waals surface area contributed by atoms with E-state index in [0.717, 1.165) is 0 Å². The van der Waals surface area contributed by atoms with Gasteiger partial charge in [-0.3, -0.25) is 0 Å². The zero-order chi connectivity index (χ0) is 16.4. The van der Waals surface area contributed by atoms with Crippen LogP contribution in [0.4, 0.5) is 0 Å². The van der Waals surface area contributed by atoms with Crippen molar-refractivity contribution < 1.29 is 5.11 Å². The number of aliphatic hydroxyl groups is 1. The third kappa shape index (κ3) is 2.65. The van der Waals surface area contributed by atoms with E-state index in [4.69, 9.17) is 23.2 Å². The van der Waals surface area contributed by atoms with Gasteiger partial charge in [0.15, 0.2) is 16.6 Å². The summed E-state index contributed by atoms with van der Waals surface area (Å²) in [6.07, 6.45) is 0. The Morgan fingerprint density at radius 2 is 1.43 bits per heavy atom. The lowest BCUT2D eigenvalue weighted by Gasteiger charge is -2.29. The summed E-state index contributed by atoms with van der Waals surface area (Å²) in [5.74, 6) is 0.410. The SMILES string of the molecule is CCn1c(C(O)(c2ccccc2)c2ccccc2)nc(Cl)c1Cl. The van der Waals surface area contributed by atoms with Crippen LogP contribution in [-0.2, 0) is 12.1 Å². The largest absolute Gasteiger partial charge is 0.373 e. The maximum atomic E-state index is 11.7. The Hall–Kier alpha value is -1.81. The van der Waals surface area contributed by atoms with E-state index in [-0.39, 0.29) is 5.15 Å². The first-order chi connectivity index (χ1) is 11.1. The molecule has 0 radical (unpaired) electrons. The summed E-state index contributed by atoms with van der Waals surface area (Å²) in [6, 6.07) is 18.8. The first kappa shape index (κ1) is 16.1. The van der Waals surface area contributed by atoms with Crippen LogP contribution in [0, 0.1) is 0 Å². The van der Waals surface area contributed by atoms with E-state index in [1.807, 2.05) is 67.6 Å². The van der Waals surface area contributed by atoms with Crippen molar-refractivity contribution in [2.24, 2.45) is 0 Å². The molecule has 0 spiro atoms. The molecule has 1 N–H and O–H groups in total. The first-order valence-electron chi connectivity index (χ1n) is 7.34. The van der Waals surface area contributed by atoms with Gasteiger partial charge in [0.05, 0.1) is 0 Å². The average molecular weight is 347 g/mol. The number of benzene rings is 2. The van der Waals surface area contributed by atoms with E-state index in [1.165, 1.54) is 0 Å². The van der Waals surface area contributed by atoms with Crippen molar-refractivity contribution in [2.45, 2.75) is 19.1 Å². The summed E-state index contributed by atoms with van der Waals surface area (Å²) in [5, 5.41) is 12.2. The van der Waals surface area contributed by atoms with Crippen LogP contribution in [0.2, 0.25) is 10.3 Å². The molecule has 0 atom stereocenters. The van der Waals surface area contributed by atoms with Crippen LogP contribution in [-0.4, -0.2) is 14.7 Å². The van der Waals surface area contributed by atoms with Gasteiger partial charge in [-0.1, -0.05) is 83.9 Å². The fourth-order valence-electron chi connectivity index (χ4n) is 2.75. The standard InChI is InChI=1S/C18H16Cl2N2O/c1-2-22-16(20)15(19)21-17(22)18(23,13-9-5-3-6-10-13)14-11-7-4-8-12-14/h3-12,23H,2H2,1H3. The second-order valence-electron chi connectivity index (χ2n) is 5.20. The second-order valence-corrected chi connectivity index (χ2v) is 5.92. The summed E-state index contributed by atoms with van der Waals surface area (Å²) in [5.41, 5.74) is -0.0200. The monoisotopic (exact) mass is 346 g/mol. The van der Waals surface area contributed by atoms with Gasteiger partial charge < -0.3 is 9.67 Å². The Balaban J connectivity index is 2.32. The lowest BCUT2D eigenvalue weighted by Crippen LogP contribution is -2.32. The summed E-state index contributed by atoms with van der Waals surface area (Å²) in [6.45, 7) is 2.49. The number of rotatable bonds is 4. The summed E-state index contributed by atoms with van der Waals surface area (Å²) in [7, 11) is 0. The van der Waals surface area contributed by atoms with Crippen LogP contribution in [0.5, 0.6) is 0 Å². The quantitative estimate of drug-likeness (QED) is 0.755. The Morgan fingerprint density at radius 1 is 0.957 bits per heavy atom. The van der Waals surface area contributed by atoms with Crippen molar-refractivity contribution in [2.75, 3.05) is 0 Å². The molecule has 0 aliphatic rings. The van der Waals surface area contributed by atoms with Gasteiger partial charge in [0.2, 0.25) is 0 Å². The van der Waals surface area contributed by atoms with Gasteiger partial charge in [0.25, 0.3) is 0 Å². The zero-order valence-corrected chi connectivity index (χ0v) is 14.1. The molecule has 0 unspecified atom stereocenters. The van der Waals surface area contributed by atoms with Crippen LogP contribution < -0.4 is 0 Å². The van der Waals surface area contributed by atoms with Gasteiger partial charge in [0, 0.05) is 6.54 Å². The molecule has 2 aromatic carbocycles. The van der Waals surface area contributed by atoms with E-state index in [1.54, 1.807) is 4.57 Å². The molecule has 1 aromatic heterocycles. The summed E-state index contributed by atoms with van der Waals surface area (Å²) in [4.78, 5) is 4.35. The van der Waals surface area contributed by atoms with Gasteiger partial charge in [-0.25, -0.2) is 4.98 Å². The third-order valence-electron chi connectivity index (χ3n) is 3.89. The fourth-order valence-corrected chi connectivity index (χ4v) is 3.18.